The molecule has 0 bridgehead atoms. The molecule has 2 aliphatic heterocycles. The first-order chi connectivity index (χ1) is 12.7. The third-order valence-electron chi connectivity index (χ3n) is 4.77. The molecule has 2 aromatic rings. The summed E-state index contributed by atoms with van der Waals surface area (Å²) in [5, 5.41) is 3.01. The summed E-state index contributed by atoms with van der Waals surface area (Å²) >= 11 is 3.49. The van der Waals surface area contributed by atoms with Crippen LogP contribution in [-0.4, -0.2) is 43.3 Å². The number of halogens is 1. The molecule has 2 amide bonds. The zero-order valence-corrected chi connectivity index (χ0v) is 15.9. The minimum absolute atomic E-state index is 0.00161. The van der Waals surface area contributed by atoms with E-state index in [1.165, 1.54) is 5.56 Å². The fourth-order valence-corrected chi connectivity index (χ4v) is 3.84. The van der Waals surface area contributed by atoms with E-state index in [9.17, 15) is 4.79 Å². The Balaban J connectivity index is 1.31. The van der Waals surface area contributed by atoms with Gasteiger partial charge in [-0.15, -0.1) is 0 Å². The lowest BCUT2D eigenvalue weighted by molar-refractivity contribution is -0.0156. The molecule has 1 saturated heterocycles. The van der Waals surface area contributed by atoms with E-state index in [0.29, 0.717) is 26.2 Å². The van der Waals surface area contributed by atoms with Crippen LogP contribution in [-0.2, 0) is 11.2 Å². The minimum atomic E-state index is -0.0982. The van der Waals surface area contributed by atoms with E-state index in [2.05, 4.69) is 27.3 Å². The van der Waals surface area contributed by atoms with Crippen molar-refractivity contribution < 1.29 is 14.3 Å². The van der Waals surface area contributed by atoms with Gasteiger partial charge in [0.15, 0.2) is 0 Å². The summed E-state index contributed by atoms with van der Waals surface area (Å²) in [6, 6.07) is 16.0. The second kappa shape index (κ2) is 7.68. The Morgan fingerprint density at radius 1 is 1.23 bits per heavy atom. The predicted octanol–water partition coefficient (Wildman–Crippen LogP) is 3.54. The Bertz CT molecular complexity index is 773. The van der Waals surface area contributed by atoms with Crippen LogP contribution < -0.4 is 10.1 Å². The topological polar surface area (TPSA) is 50.8 Å². The van der Waals surface area contributed by atoms with E-state index in [0.717, 1.165) is 22.2 Å². The van der Waals surface area contributed by atoms with Gasteiger partial charge in [0, 0.05) is 17.4 Å². The van der Waals surface area contributed by atoms with Crippen molar-refractivity contribution in [1.29, 1.82) is 0 Å². The number of morpholine rings is 1. The van der Waals surface area contributed by atoms with E-state index in [1.807, 2.05) is 47.4 Å². The highest BCUT2D eigenvalue weighted by Crippen LogP contribution is 2.28. The summed E-state index contributed by atoms with van der Waals surface area (Å²) in [7, 11) is 0. The molecule has 0 aromatic heterocycles. The van der Waals surface area contributed by atoms with E-state index >= 15 is 0 Å². The number of fused-ring (bicyclic) bond motifs is 1. The zero-order chi connectivity index (χ0) is 17.9. The molecule has 0 aliphatic carbocycles. The number of nitrogens with one attached hydrogen (secondary N) is 1. The monoisotopic (exact) mass is 416 g/mol. The molecule has 0 spiro atoms. The standard InChI is InChI=1S/C20H21BrN2O3/c21-16-6-3-5-14(10-16)19-13-23(8-9-25-19)20(24)22-12-17-11-15-4-1-2-7-18(15)26-17/h1-7,10,17,19H,8-9,11-13H2,(H,22,24). The lowest BCUT2D eigenvalue weighted by Gasteiger charge is -2.33. The van der Waals surface area contributed by atoms with Crippen molar-refractivity contribution in [3.8, 4) is 5.75 Å². The molecule has 0 saturated carbocycles. The maximum atomic E-state index is 12.6. The summed E-state index contributed by atoms with van der Waals surface area (Å²) in [6.07, 6.45) is 0.734. The number of ether oxygens (including phenoxy) is 2. The molecule has 2 atom stereocenters. The summed E-state index contributed by atoms with van der Waals surface area (Å²) < 4.78 is 12.7. The van der Waals surface area contributed by atoms with Crippen molar-refractivity contribution in [2.24, 2.45) is 0 Å². The smallest absolute Gasteiger partial charge is 0.317 e. The number of hydrogen-bond donors (Lipinski definition) is 1. The Hall–Kier alpha value is -2.05. The van der Waals surface area contributed by atoms with Gasteiger partial charge in [0.1, 0.15) is 18.0 Å². The van der Waals surface area contributed by atoms with Crippen molar-refractivity contribution in [1.82, 2.24) is 10.2 Å². The number of nitrogens with zero attached hydrogens (tertiary/aromatic N) is 1. The first kappa shape index (κ1) is 17.4. The number of urea groups is 1. The molecule has 6 heteroatoms. The normalized spacial score (nSPS) is 21.8. The van der Waals surface area contributed by atoms with Gasteiger partial charge in [-0.05, 0) is 29.3 Å². The lowest BCUT2D eigenvalue weighted by Crippen LogP contribution is -2.49. The van der Waals surface area contributed by atoms with Crippen LogP contribution >= 0.6 is 15.9 Å². The number of para-hydroxylation sites is 1. The van der Waals surface area contributed by atoms with Crippen LogP contribution in [0.25, 0.3) is 0 Å². The van der Waals surface area contributed by atoms with Crippen molar-refractivity contribution in [3.63, 3.8) is 0 Å². The number of carbonyl (C=O) groups is 1. The van der Waals surface area contributed by atoms with Crippen molar-refractivity contribution in [2.45, 2.75) is 18.6 Å². The molecule has 26 heavy (non-hydrogen) atoms. The van der Waals surface area contributed by atoms with Crippen LogP contribution in [0.2, 0.25) is 0 Å². The minimum Gasteiger partial charge on any atom is -0.488 e. The molecule has 2 aromatic carbocycles. The Kier molecular flexibility index (Phi) is 5.13. The summed E-state index contributed by atoms with van der Waals surface area (Å²) in [6.45, 7) is 2.19. The van der Waals surface area contributed by atoms with Gasteiger partial charge >= 0.3 is 6.03 Å². The van der Waals surface area contributed by atoms with Crippen molar-refractivity contribution >= 4 is 22.0 Å². The maximum Gasteiger partial charge on any atom is 0.317 e. The van der Waals surface area contributed by atoms with Crippen LogP contribution in [0.4, 0.5) is 4.79 Å². The molecule has 136 valence electrons. The number of carbonyl (C=O) groups excluding carboxylic acids is 1. The fraction of sp³-hybridized carbons (Fsp3) is 0.350. The van der Waals surface area contributed by atoms with Gasteiger partial charge in [-0.3, -0.25) is 0 Å². The van der Waals surface area contributed by atoms with E-state index in [4.69, 9.17) is 9.47 Å². The second-order valence-corrected chi connectivity index (χ2v) is 7.51. The Morgan fingerprint density at radius 2 is 2.12 bits per heavy atom. The highest BCUT2D eigenvalue weighted by molar-refractivity contribution is 9.10. The molecular formula is C20H21BrN2O3. The van der Waals surface area contributed by atoms with Gasteiger partial charge < -0.3 is 19.7 Å². The largest absolute Gasteiger partial charge is 0.488 e. The number of hydrogen-bond acceptors (Lipinski definition) is 3. The molecule has 1 N–H and O–H groups in total. The number of amides is 2. The maximum absolute atomic E-state index is 12.6. The van der Waals surface area contributed by atoms with Gasteiger partial charge in [-0.2, -0.15) is 0 Å². The van der Waals surface area contributed by atoms with E-state index in [1.54, 1.807) is 0 Å². The first-order valence-corrected chi connectivity index (χ1v) is 9.63. The average molecular weight is 417 g/mol. The Morgan fingerprint density at radius 3 is 2.96 bits per heavy atom. The van der Waals surface area contributed by atoms with Gasteiger partial charge in [0.05, 0.1) is 19.7 Å². The van der Waals surface area contributed by atoms with Crippen molar-refractivity contribution in [2.75, 3.05) is 26.2 Å². The van der Waals surface area contributed by atoms with Crippen LogP contribution in [0.15, 0.2) is 53.0 Å². The first-order valence-electron chi connectivity index (χ1n) is 8.83. The summed E-state index contributed by atoms with van der Waals surface area (Å²) in [4.78, 5) is 14.4. The molecule has 1 fully saturated rings. The third-order valence-corrected chi connectivity index (χ3v) is 5.26. The van der Waals surface area contributed by atoms with Crippen LogP contribution in [0, 0.1) is 0 Å². The van der Waals surface area contributed by atoms with Gasteiger partial charge in [-0.1, -0.05) is 46.3 Å². The highest BCUT2D eigenvalue weighted by atomic mass is 79.9. The van der Waals surface area contributed by atoms with Crippen molar-refractivity contribution in [3.05, 3.63) is 64.1 Å². The lowest BCUT2D eigenvalue weighted by atomic mass is 10.1. The molecule has 2 heterocycles. The molecule has 0 radical (unpaired) electrons. The molecular weight excluding hydrogens is 396 g/mol. The highest BCUT2D eigenvalue weighted by Gasteiger charge is 2.27. The fourth-order valence-electron chi connectivity index (χ4n) is 3.42. The molecule has 2 aliphatic rings. The number of rotatable bonds is 3. The third kappa shape index (κ3) is 3.86. The Labute approximate surface area is 161 Å². The van der Waals surface area contributed by atoms with Crippen LogP contribution in [0.1, 0.15) is 17.2 Å². The van der Waals surface area contributed by atoms with E-state index < -0.39 is 0 Å². The zero-order valence-electron chi connectivity index (χ0n) is 14.4. The summed E-state index contributed by atoms with van der Waals surface area (Å²) in [5.41, 5.74) is 2.28. The SMILES string of the molecule is O=C(NCC1Cc2ccccc2O1)N1CCOC(c2cccc(Br)c2)C1. The second-order valence-electron chi connectivity index (χ2n) is 6.60. The quantitative estimate of drug-likeness (QED) is 0.832. The van der Waals surface area contributed by atoms with Gasteiger partial charge in [0.2, 0.25) is 0 Å². The predicted molar refractivity (Wildman–Crippen MR) is 102 cm³/mol. The molecule has 4 rings (SSSR count). The average Bonchev–Trinajstić information content (AvgIpc) is 3.09. The number of benzene rings is 2. The van der Waals surface area contributed by atoms with Gasteiger partial charge in [0.25, 0.3) is 0 Å². The van der Waals surface area contributed by atoms with Gasteiger partial charge in [-0.25, -0.2) is 4.79 Å². The molecule has 2 unspecified atom stereocenters. The van der Waals surface area contributed by atoms with E-state index in [-0.39, 0.29) is 18.2 Å². The summed E-state index contributed by atoms with van der Waals surface area (Å²) in [5.74, 6) is 0.924. The molecule has 5 nitrogen and oxygen atoms in total. The van der Waals surface area contributed by atoms with Crippen LogP contribution in [0.5, 0.6) is 5.75 Å². The van der Waals surface area contributed by atoms with Crippen LogP contribution in [0.3, 0.4) is 0 Å².